The second kappa shape index (κ2) is 11.0. The molecule has 5 N–H and O–H groups in total. The molecule has 2 aliphatic heterocycles. The Balaban J connectivity index is 1.75. The van der Waals surface area contributed by atoms with Crippen LogP contribution in [0.1, 0.15) is 36.2 Å². The number of aliphatic hydroxyl groups is 1. The molecule has 1 aromatic heterocycles. The lowest BCUT2D eigenvalue weighted by Crippen LogP contribution is -2.43. The zero-order valence-corrected chi connectivity index (χ0v) is 22.3. The molecule has 1 fully saturated rings. The first-order chi connectivity index (χ1) is 18.4. The minimum atomic E-state index is -2.74. The molecule has 4 rings (SSSR count). The number of amidine groups is 1. The number of alkyl halides is 2. The number of allylic oxidation sites excluding steroid dienone is 3. The van der Waals surface area contributed by atoms with Crippen LogP contribution in [0.2, 0.25) is 0 Å². The van der Waals surface area contributed by atoms with Gasteiger partial charge in [0.25, 0.3) is 12.3 Å². The summed E-state index contributed by atoms with van der Waals surface area (Å²) in [7, 11) is 1.37. The Morgan fingerprint density at radius 2 is 2.26 bits per heavy atom. The highest BCUT2D eigenvalue weighted by molar-refractivity contribution is 8.26. The van der Waals surface area contributed by atoms with Gasteiger partial charge in [-0.15, -0.1) is 12.3 Å². The van der Waals surface area contributed by atoms with E-state index in [9.17, 15) is 18.7 Å². The minimum Gasteiger partial charge on any atom is -0.495 e. The first kappa shape index (κ1) is 28.1. The van der Waals surface area contributed by atoms with Crippen LogP contribution in [-0.4, -0.2) is 51.5 Å². The summed E-state index contributed by atoms with van der Waals surface area (Å²) >= 11 is 0.846. The van der Waals surface area contributed by atoms with E-state index >= 15 is 0 Å². The summed E-state index contributed by atoms with van der Waals surface area (Å²) in [5, 5.41) is 21.8. The van der Waals surface area contributed by atoms with Gasteiger partial charge in [-0.25, -0.2) is 13.8 Å². The molecule has 0 radical (unpaired) electrons. The fourth-order valence-electron chi connectivity index (χ4n) is 4.31. The first-order valence-corrected chi connectivity index (χ1v) is 12.8. The molecule has 12 heteroatoms. The van der Waals surface area contributed by atoms with Crippen molar-refractivity contribution < 1.29 is 23.4 Å². The van der Waals surface area contributed by atoms with Gasteiger partial charge >= 0.3 is 0 Å². The van der Waals surface area contributed by atoms with Crippen LogP contribution in [0.3, 0.4) is 0 Å². The van der Waals surface area contributed by atoms with Crippen LogP contribution in [0.4, 0.5) is 14.6 Å². The molecule has 1 aromatic rings. The van der Waals surface area contributed by atoms with Gasteiger partial charge in [-0.05, 0) is 61.9 Å². The Labute approximate surface area is 229 Å². The van der Waals surface area contributed by atoms with Crippen LogP contribution in [0.15, 0.2) is 59.2 Å². The summed E-state index contributed by atoms with van der Waals surface area (Å²) in [5.74, 6) is 2.13. The third kappa shape index (κ3) is 6.05. The highest BCUT2D eigenvalue weighted by atomic mass is 32.2. The van der Waals surface area contributed by atoms with Crippen molar-refractivity contribution in [2.75, 3.05) is 12.0 Å². The van der Waals surface area contributed by atoms with E-state index in [1.54, 1.807) is 25.3 Å². The number of thioether (sulfide) groups is 1. The number of aliphatic imine (C=N–C) groups is 1. The van der Waals surface area contributed by atoms with Crippen molar-refractivity contribution in [2.45, 2.75) is 38.5 Å². The number of rotatable bonds is 6. The molecule has 1 aliphatic carbocycles. The third-order valence-electron chi connectivity index (χ3n) is 6.41. The Hall–Kier alpha value is -3.95. The summed E-state index contributed by atoms with van der Waals surface area (Å²) in [6, 6.07) is 0.157. The van der Waals surface area contributed by atoms with Gasteiger partial charge in [0.2, 0.25) is 0 Å². The van der Waals surface area contributed by atoms with Crippen molar-refractivity contribution in [3.05, 3.63) is 65.4 Å². The second-order valence-corrected chi connectivity index (χ2v) is 10.5. The molecule has 3 unspecified atom stereocenters. The molecule has 3 aliphatic rings. The van der Waals surface area contributed by atoms with E-state index in [0.29, 0.717) is 6.42 Å². The van der Waals surface area contributed by atoms with Gasteiger partial charge in [0, 0.05) is 41.6 Å². The van der Waals surface area contributed by atoms with Crippen molar-refractivity contribution in [3.8, 4) is 12.3 Å². The van der Waals surface area contributed by atoms with Gasteiger partial charge in [-0.3, -0.25) is 10.2 Å². The lowest BCUT2D eigenvalue weighted by atomic mass is 9.95. The van der Waals surface area contributed by atoms with Gasteiger partial charge in [-0.2, -0.15) is 4.99 Å². The number of anilines is 1. The number of pyridine rings is 1. The van der Waals surface area contributed by atoms with Gasteiger partial charge in [0.15, 0.2) is 10.9 Å². The highest BCUT2D eigenvalue weighted by Gasteiger charge is 2.40. The summed E-state index contributed by atoms with van der Waals surface area (Å²) in [6.45, 7) is 3.40. The summed E-state index contributed by atoms with van der Waals surface area (Å²) in [5.41, 5.74) is 5.74. The quantitative estimate of drug-likeness (QED) is 0.238. The number of hydrogen-bond donors (Lipinski definition) is 4. The molecule has 0 spiro atoms. The van der Waals surface area contributed by atoms with E-state index < -0.39 is 24.1 Å². The number of amides is 1. The Morgan fingerprint density at radius 3 is 2.87 bits per heavy atom. The molecule has 204 valence electrons. The van der Waals surface area contributed by atoms with Crippen LogP contribution in [-0.2, 0) is 4.74 Å². The molecule has 4 atom stereocenters. The molecule has 9 nitrogen and oxygen atoms in total. The van der Waals surface area contributed by atoms with E-state index in [4.69, 9.17) is 22.3 Å². The van der Waals surface area contributed by atoms with Crippen molar-refractivity contribution in [1.29, 1.82) is 5.41 Å². The average Bonchev–Trinajstić information content (AvgIpc) is 3.67. The lowest BCUT2D eigenvalue weighted by molar-refractivity contribution is 0.100. The lowest BCUT2D eigenvalue weighted by Gasteiger charge is -2.36. The van der Waals surface area contributed by atoms with Crippen molar-refractivity contribution in [3.63, 3.8) is 0 Å². The molecular formula is C27H28F2N6O3S. The van der Waals surface area contributed by atoms with Gasteiger partial charge < -0.3 is 25.8 Å². The number of halogens is 2. The highest BCUT2D eigenvalue weighted by Crippen LogP contribution is 2.41. The molecule has 0 aromatic carbocycles. The van der Waals surface area contributed by atoms with Crippen molar-refractivity contribution >= 4 is 39.3 Å². The van der Waals surface area contributed by atoms with Gasteiger partial charge in [0.05, 0.1) is 17.7 Å². The summed E-state index contributed by atoms with van der Waals surface area (Å²) in [4.78, 5) is 23.1. The second-order valence-electron chi connectivity index (χ2n) is 9.41. The van der Waals surface area contributed by atoms with E-state index in [2.05, 4.69) is 21.2 Å². The molecule has 39 heavy (non-hydrogen) atoms. The molecule has 1 saturated carbocycles. The standard InChI is InChI=1S/C27H28F2N6O3S/c1-5-15-8-16(15)24(30)39-26(31)34-25(36)19-12-33-22(35-7-6-14(2)11-27(35,3)37)10-17(19)18-9-20(23(28)29)32-13-21(18)38-4/h1,6-7,9-13,15-16,20,23,30,32,37H,8H2,2-4H3,(H2,31,34,36)/t15-,16?,20?,27?/m0/s1. The Morgan fingerprint density at radius 1 is 1.51 bits per heavy atom. The SMILES string of the molecule is C#C[C@H]1CC1C(=N)SC(N)=NC(=O)c1cnc(N2C=CC(C)=CC2(C)O)cc1C1=CC(C(F)F)NC=C1OC. The first-order valence-electron chi connectivity index (χ1n) is 12.0. The molecular weight excluding hydrogens is 526 g/mol. The number of nitrogens with one attached hydrogen (secondary N) is 2. The van der Waals surface area contributed by atoms with Crippen molar-refractivity contribution in [1.82, 2.24) is 10.3 Å². The summed E-state index contributed by atoms with van der Waals surface area (Å²) in [6.07, 6.45) is 12.2. The fourth-order valence-corrected chi connectivity index (χ4v) is 5.07. The molecule has 1 amide bonds. The van der Waals surface area contributed by atoms with E-state index in [1.165, 1.54) is 36.5 Å². The predicted molar refractivity (Wildman–Crippen MR) is 148 cm³/mol. The number of dihydropyridines is 1. The smallest absolute Gasteiger partial charge is 0.281 e. The zero-order chi connectivity index (χ0) is 28.5. The van der Waals surface area contributed by atoms with Gasteiger partial charge in [-0.1, -0.05) is 0 Å². The predicted octanol–water partition coefficient (Wildman–Crippen LogP) is 3.61. The maximum atomic E-state index is 13.6. The maximum Gasteiger partial charge on any atom is 0.281 e. The number of carbonyl (C=O) groups is 1. The number of nitrogens with zero attached hydrogens (tertiary/aromatic N) is 3. The van der Waals surface area contributed by atoms with E-state index in [1.807, 2.05) is 6.92 Å². The van der Waals surface area contributed by atoms with Crippen LogP contribution >= 0.6 is 11.8 Å². The number of methoxy groups -OCH3 is 1. The number of aromatic nitrogens is 1. The number of terminal acetylenes is 1. The molecule has 3 heterocycles. The van der Waals surface area contributed by atoms with Crippen LogP contribution in [0, 0.1) is 29.6 Å². The number of ether oxygens (including phenoxy) is 1. The van der Waals surface area contributed by atoms with Crippen LogP contribution < -0.4 is 16.0 Å². The fraction of sp³-hybridized carbons (Fsp3) is 0.333. The number of carbonyl (C=O) groups excluding carboxylic acids is 1. The van der Waals surface area contributed by atoms with Crippen molar-refractivity contribution in [2.24, 2.45) is 22.6 Å². The normalized spacial score (nSPS) is 26.2. The van der Waals surface area contributed by atoms with Crippen LogP contribution in [0.5, 0.6) is 0 Å². The third-order valence-corrected chi connectivity index (χ3v) is 7.23. The average molecular weight is 555 g/mol. The van der Waals surface area contributed by atoms with Gasteiger partial charge in [0.1, 0.15) is 17.6 Å². The Bertz CT molecular complexity index is 1390. The molecule has 0 bridgehead atoms. The van der Waals surface area contributed by atoms with E-state index in [-0.39, 0.29) is 50.3 Å². The van der Waals surface area contributed by atoms with Crippen LogP contribution in [0.25, 0.3) is 5.57 Å². The van der Waals surface area contributed by atoms with E-state index in [0.717, 1.165) is 17.3 Å². The zero-order valence-electron chi connectivity index (χ0n) is 21.5. The topological polar surface area (TPSA) is 137 Å². The monoisotopic (exact) mass is 554 g/mol. The Kier molecular flexibility index (Phi) is 7.94. The minimum absolute atomic E-state index is 0.0228. The molecule has 0 saturated heterocycles. The maximum absolute atomic E-state index is 13.6. The number of hydrogen-bond acceptors (Lipinski definition) is 8. The summed E-state index contributed by atoms with van der Waals surface area (Å²) < 4.78 is 32.7. The number of nitrogens with two attached hydrogens (primary N) is 1. The largest absolute Gasteiger partial charge is 0.495 e.